The second-order valence-electron chi connectivity index (χ2n) is 5.12. The van der Waals surface area contributed by atoms with E-state index in [1.165, 1.54) is 24.4 Å². The summed E-state index contributed by atoms with van der Waals surface area (Å²) >= 11 is 5.89. The number of imidazole rings is 1. The van der Waals surface area contributed by atoms with Crippen molar-refractivity contribution in [3.05, 3.63) is 65.7 Å². The van der Waals surface area contributed by atoms with E-state index < -0.39 is 12.0 Å². The van der Waals surface area contributed by atoms with Gasteiger partial charge in [0.05, 0.1) is 13.4 Å². The molecule has 1 N–H and O–H groups in total. The smallest absolute Gasteiger partial charge is 0.329 e. The minimum Gasteiger partial charge on any atom is -0.467 e. The van der Waals surface area contributed by atoms with Crippen LogP contribution in [0.4, 0.5) is 0 Å². The third-order valence-electron chi connectivity index (χ3n) is 3.54. The molecule has 2 rings (SSSR count). The topological polar surface area (TPSA) is 75.3 Å². The van der Waals surface area contributed by atoms with E-state index in [-0.39, 0.29) is 18.9 Å². The van der Waals surface area contributed by atoms with Crippen LogP contribution in [0, 0.1) is 0 Å². The number of amides is 1. The predicted octanol–water partition coefficient (Wildman–Crippen LogP) is 2.36. The number of carbonyl (C=O) groups excluding carboxylic acids is 2. The minimum absolute atomic E-state index is 0.232. The fraction of sp³-hybridized carbons (Fsp3) is 0.235. The van der Waals surface area contributed by atoms with E-state index in [9.17, 15) is 9.59 Å². The van der Waals surface area contributed by atoms with Gasteiger partial charge >= 0.3 is 5.97 Å². The highest BCUT2D eigenvalue weighted by molar-refractivity contribution is 6.30. The lowest BCUT2D eigenvalue weighted by Crippen LogP contribution is -2.46. The summed E-state index contributed by atoms with van der Waals surface area (Å²) in [6.45, 7) is 3.75. The predicted molar refractivity (Wildman–Crippen MR) is 90.3 cm³/mol. The maximum atomic E-state index is 12.3. The Morgan fingerprint density at radius 3 is 2.67 bits per heavy atom. The van der Waals surface area contributed by atoms with Gasteiger partial charge in [-0.05, 0) is 23.8 Å². The molecular weight excluding hydrogens is 330 g/mol. The van der Waals surface area contributed by atoms with Gasteiger partial charge in [0, 0.05) is 29.9 Å². The van der Waals surface area contributed by atoms with E-state index in [1.807, 2.05) is 0 Å². The zero-order chi connectivity index (χ0) is 17.5. The fourth-order valence-corrected chi connectivity index (χ4v) is 2.43. The van der Waals surface area contributed by atoms with Crippen LogP contribution in [0.25, 0.3) is 0 Å². The fourth-order valence-electron chi connectivity index (χ4n) is 2.31. The molecule has 0 aliphatic heterocycles. The second kappa shape index (κ2) is 8.31. The third-order valence-corrected chi connectivity index (χ3v) is 3.79. The van der Waals surface area contributed by atoms with Crippen molar-refractivity contribution in [1.29, 1.82) is 0 Å². The molecule has 1 atom stereocenters. The van der Waals surface area contributed by atoms with Gasteiger partial charge in [-0.15, -0.1) is 0 Å². The zero-order valence-electron chi connectivity index (χ0n) is 13.2. The molecule has 0 spiro atoms. The van der Waals surface area contributed by atoms with Crippen molar-refractivity contribution in [2.75, 3.05) is 7.11 Å². The maximum Gasteiger partial charge on any atom is 0.329 e. The lowest BCUT2D eigenvalue weighted by molar-refractivity contribution is -0.151. The van der Waals surface area contributed by atoms with Gasteiger partial charge in [0.25, 0.3) is 0 Å². The monoisotopic (exact) mass is 347 g/mol. The second-order valence-corrected chi connectivity index (χ2v) is 5.55. The molecule has 0 saturated heterocycles. The van der Waals surface area contributed by atoms with Gasteiger partial charge in [-0.2, -0.15) is 0 Å². The highest BCUT2D eigenvalue weighted by atomic mass is 35.5. The van der Waals surface area contributed by atoms with Gasteiger partial charge in [0.1, 0.15) is 6.04 Å². The molecule has 1 aromatic heterocycles. The molecule has 0 aliphatic rings. The lowest BCUT2D eigenvalue weighted by atomic mass is 10.1. The summed E-state index contributed by atoms with van der Waals surface area (Å²) in [5, 5.41) is 0.599. The SMILES string of the molecule is C=CC(=O)N(Cc1ccc(Cl)cc1)[C@@H](Cc1cnc[nH]1)C(=O)OC. The van der Waals surface area contributed by atoms with E-state index in [0.717, 1.165) is 11.3 Å². The van der Waals surface area contributed by atoms with Crippen LogP contribution in [0.5, 0.6) is 0 Å². The average molecular weight is 348 g/mol. The van der Waals surface area contributed by atoms with Crippen LogP contribution in [-0.2, 0) is 27.3 Å². The van der Waals surface area contributed by atoms with Crippen LogP contribution in [0.2, 0.25) is 5.02 Å². The number of benzene rings is 1. The Bertz CT molecular complexity index is 698. The first-order valence-electron chi connectivity index (χ1n) is 7.27. The van der Waals surface area contributed by atoms with Gasteiger partial charge in [0.15, 0.2) is 0 Å². The highest BCUT2D eigenvalue weighted by Gasteiger charge is 2.30. The quantitative estimate of drug-likeness (QED) is 0.616. The number of nitrogens with zero attached hydrogens (tertiary/aromatic N) is 2. The van der Waals surface area contributed by atoms with Crippen molar-refractivity contribution < 1.29 is 14.3 Å². The van der Waals surface area contributed by atoms with Crippen molar-refractivity contribution in [1.82, 2.24) is 14.9 Å². The standard InChI is InChI=1S/C17H18ClN3O3/c1-3-16(22)21(10-12-4-6-13(18)7-5-12)15(17(23)24-2)8-14-9-19-11-20-14/h3-7,9,11,15H,1,8,10H2,2H3,(H,19,20)/t15-/m0/s1. The first-order chi connectivity index (χ1) is 11.5. The number of aromatic amines is 1. The Balaban J connectivity index is 2.29. The van der Waals surface area contributed by atoms with Crippen LogP contribution in [-0.4, -0.2) is 39.9 Å². The minimum atomic E-state index is -0.795. The largest absolute Gasteiger partial charge is 0.467 e. The molecule has 126 valence electrons. The number of nitrogens with one attached hydrogen (secondary N) is 1. The Labute approximate surface area is 145 Å². The maximum absolute atomic E-state index is 12.3. The number of rotatable bonds is 7. The summed E-state index contributed by atoms with van der Waals surface area (Å²) in [6, 6.07) is 6.27. The number of esters is 1. The third kappa shape index (κ3) is 4.45. The first kappa shape index (κ1) is 17.7. The average Bonchev–Trinajstić information content (AvgIpc) is 3.11. The molecule has 0 saturated carbocycles. The summed E-state index contributed by atoms with van der Waals surface area (Å²) in [7, 11) is 1.29. The van der Waals surface area contributed by atoms with Gasteiger partial charge in [-0.1, -0.05) is 30.3 Å². The number of hydrogen-bond acceptors (Lipinski definition) is 4. The van der Waals surface area contributed by atoms with E-state index in [0.29, 0.717) is 5.02 Å². The van der Waals surface area contributed by atoms with Crippen LogP contribution in [0.3, 0.4) is 0 Å². The van der Waals surface area contributed by atoms with Crippen molar-refractivity contribution in [2.24, 2.45) is 0 Å². The zero-order valence-corrected chi connectivity index (χ0v) is 14.0. The molecule has 0 aliphatic carbocycles. The Kier molecular flexibility index (Phi) is 6.14. The molecule has 0 fully saturated rings. The number of methoxy groups -OCH3 is 1. The number of ether oxygens (including phenoxy) is 1. The molecular formula is C17H18ClN3O3. The van der Waals surface area contributed by atoms with Crippen LogP contribution < -0.4 is 0 Å². The lowest BCUT2D eigenvalue weighted by Gasteiger charge is -2.29. The molecule has 0 unspecified atom stereocenters. The van der Waals surface area contributed by atoms with Gasteiger partial charge in [0.2, 0.25) is 5.91 Å². The highest BCUT2D eigenvalue weighted by Crippen LogP contribution is 2.16. The van der Waals surface area contributed by atoms with Crippen LogP contribution in [0.15, 0.2) is 49.4 Å². The van der Waals surface area contributed by atoms with Gasteiger partial charge < -0.3 is 14.6 Å². The molecule has 1 amide bonds. The van der Waals surface area contributed by atoms with E-state index in [1.54, 1.807) is 30.5 Å². The molecule has 24 heavy (non-hydrogen) atoms. The van der Waals surface area contributed by atoms with Crippen molar-refractivity contribution in [2.45, 2.75) is 19.0 Å². The van der Waals surface area contributed by atoms with Crippen LogP contribution in [0.1, 0.15) is 11.3 Å². The summed E-state index contributed by atoms with van der Waals surface area (Å²) in [5.74, 6) is -0.867. The van der Waals surface area contributed by atoms with E-state index in [4.69, 9.17) is 16.3 Å². The molecule has 2 aromatic rings. The Morgan fingerprint density at radius 1 is 1.42 bits per heavy atom. The Morgan fingerprint density at radius 2 is 2.12 bits per heavy atom. The molecule has 0 radical (unpaired) electrons. The molecule has 7 heteroatoms. The summed E-state index contributed by atoms with van der Waals surface area (Å²) in [6.07, 6.45) is 4.57. The van der Waals surface area contributed by atoms with E-state index >= 15 is 0 Å². The van der Waals surface area contributed by atoms with Crippen molar-refractivity contribution in [3.8, 4) is 0 Å². The van der Waals surface area contributed by atoms with Gasteiger partial charge in [-0.3, -0.25) is 4.79 Å². The molecule has 0 bridgehead atoms. The van der Waals surface area contributed by atoms with Crippen LogP contribution >= 0.6 is 11.6 Å². The summed E-state index contributed by atoms with van der Waals surface area (Å²) in [4.78, 5) is 32.8. The Hall–Kier alpha value is -2.60. The van der Waals surface area contributed by atoms with E-state index in [2.05, 4.69) is 16.5 Å². The van der Waals surface area contributed by atoms with Crippen molar-refractivity contribution in [3.63, 3.8) is 0 Å². The summed E-state index contributed by atoms with van der Waals surface area (Å²) < 4.78 is 4.87. The number of carbonyl (C=O) groups is 2. The number of aromatic nitrogens is 2. The van der Waals surface area contributed by atoms with Gasteiger partial charge in [-0.25, -0.2) is 9.78 Å². The van der Waals surface area contributed by atoms with Crippen molar-refractivity contribution >= 4 is 23.5 Å². The summed E-state index contributed by atoms with van der Waals surface area (Å²) in [5.41, 5.74) is 1.57. The first-order valence-corrected chi connectivity index (χ1v) is 7.65. The molecule has 1 heterocycles. The normalized spacial score (nSPS) is 11.6. The number of hydrogen-bond donors (Lipinski definition) is 1. The molecule has 1 aromatic carbocycles. The number of H-pyrrole nitrogens is 1. The molecule has 6 nitrogen and oxygen atoms in total. The number of halogens is 1.